The molecule has 1 amide bonds. The van der Waals surface area contributed by atoms with Crippen LogP contribution in [0.15, 0.2) is 48.9 Å². The van der Waals surface area contributed by atoms with Crippen LogP contribution >= 0.6 is 0 Å². The van der Waals surface area contributed by atoms with Gasteiger partial charge in [-0.1, -0.05) is 12.1 Å². The SMILES string of the molecule is O=C1NCCn2nc(-c3ccnc(C=Cc4cccnc4)c3)cc21. The highest BCUT2D eigenvalue weighted by Gasteiger charge is 2.19. The summed E-state index contributed by atoms with van der Waals surface area (Å²) in [6.07, 6.45) is 9.18. The molecule has 0 aromatic carbocycles. The third kappa shape index (κ3) is 2.81. The lowest BCUT2D eigenvalue weighted by atomic mass is 10.1. The molecule has 6 heteroatoms. The number of hydrogen-bond acceptors (Lipinski definition) is 4. The van der Waals surface area contributed by atoms with Gasteiger partial charge in [-0.15, -0.1) is 0 Å². The lowest BCUT2D eigenvalue weighted by Crippen LogP contribution is -2.35. The van der Waals surface area contributed by atoms with Crippen LogP contribution < -0.4 is 5.32 Å². The zero-order valence-corrected chi connectivity index (χ0v) is 12.9. The van der Waals surface area contributed by atoms with E-state index in [-0.39, 0.29) is 5.91 Å². The molecule has 3 aromatic heterocycles. The summed E-state index contributed by atoms with van der Waals surface area (Å²) in [6, 6.07) is 9.55. The molecule has 0 spiro atoms. The highest BCUT2D eigenvalue weighted by atomic mass is 16.2. The monoisotopic (exact) mass is 317 g/mol. The molecule has 1 aliphatic heterocycles. The number of carbonyl (C=O) groups excluding carboxylic acids is 1. The average Bonchev–Trinajstić information content (AvgIpc) is 3.07. The lowest BCUT2D eigenvalue weighted by molar-refractivity contribution is 0.0924. The molecule has 0 saturated carbocycles. The molecular weight excluding hydrogens is 302 g/mol. The van der Waals surface area contributed by atoms with E-state index in [9.17, 15) is 4.79 Å². The van der Waals surface area contributed by atoms with Crippen LogP contribution in [0.3, 0.4) is 0 Å². The zero-order valence-electron chi connectivity index (χ0n) is 12.9. The van der Waals surface area contributed by atoms with Gasteiger partial charge in [-0.25, -0.2) is 0 Å². The van der Waals surface area contributed by atoms with Crippen LogP contribution in [0, 0.1) is 0 Å². The summed E-state index contributed by atoms with van der Waals surface area (Å²) in [6.45, 7) is 1.31. The number of hydrogen-bond donors (Lipinski definition) is 1. The van der Waals surface area contributed by atoms with Crippen molar-refractivity contribution in [3.63, 3.8) is 0 Å². The molecule has 0 unspecified atom stereocenters. The van der Waals surface area contributed by atoms with Crippen LogP contribution in [-0.2, 0) is 6.54 Å². The van der Waals surface area contributed by atoms with E-state index in [1.165, 1.54) is 0 Å². The average molecular weight is 317 g/mol. The van der Waals surface area contributed by atoms with Crippen molar-refractivity contribution in [3.8, 4) is 11.3 Å². The molecule has 0 atom stereocenters. The van der Waals surface area contributed by atoms with Crippen molar-refractivity contribution in [3.05, 3.63) is 65.9 Å². The highest BCUT2D eigenvalue weighted by Crippen LogP contribution is 2.21. The Hall–Kier alpha value is -3.28. The van der Waals surface area contributed by atoms with E-state index in [2.05, 4.69) is 20.4 Å². The minimum Gasteiger partial charge on any atom is -0.349 e. The first-order chi connectivity index (χ1) is 11.8. The molecule has 4 rings (SSSR count). The van der Waals surface area contributed by atoms with Crippen LogP contribution in [0.25, 0.3) is 23.4 Å². The summed E-state index contributed by atoms with van der Waals surface area (Å²) >= 11 is 0. The molecule has 0 saturated heterocycles. The Labute approximate surface area is 138 Å². The van der Waals surface area contributed by atoms with Gasteiger partial charge in [0.2, 0.25) is 0 Å². The fourth-order valence-electron chi connectivity index (χ4n) is 2.63. The van der Waals surface area contributed by atoms with Crippen molar-refractivity contribution in [1.82, 2.24) is 25.1 Å². The number of nitrogens with one attached hydrogen (secondary N) is 1. The smallest absolute Gasteiger partial charge is 0.269 e. The number of pyridine rings is 2. The quantitative estimate of drug-likeness (QED) is 0.804. The van der Waals surface area contributed by atoms with E-state index in [0.717, 1.165) is 22.5 Å². The van der Waals surface area contributed by atoms with Gasteiger partial charge >= 0.3 is 0 Å². The van der Waals surface area contributed by atoms with Gasteiger partial charge in [0.15, 0.2) is 0 Å². The van der Waals surface area contributed by atoms with Gasteiger partial charge in [0.25, 0.3) is 5.91 Å². The van der Waals surface area contributed by atoms with Crippen molar-refractivity contribution in [2.75, 3.05) is 6.54 Å². The van der Waals surface area contributed by atoms with Crippen molar-refractivity contribution in [1.29, 1.82) is 0 Å². The summed E-state index contributed by atoms with van der Waals surface area (Å²) in [5.41, 5.74) is 4.15. The Balaban J connectivity index is 1.63. The summed E-state index contributed by atoms with van der Waals surface area (Å²) in [4.78, 5) is 20.3. The van der Waals surface area contributed by atoms with E-state index < -0.39 is 0 Å². The van der Waals surface area contributed by atoms with Gasteiger partial charge in [0.05, 0.1) is 17.9 Å². The molecule has 0 bridgehead atoms. The van der Waals surface area contributed by atoms with Gasteiger partial charge in [-0.2, -0.15) is 5.10 Å². The first kappa shape index (κ1) is 14.3. The number of carbonyl (C=O) groups is 1. The van der Waals surface area contributed by atoms with E-state index in [1.807, 2.05) is 42.5 Å². The first-order valence-corrected chi connectivity index (χ1v) is 7.70. The Morgan fingerprint density at radius 2 is 2.12 bits per heavy atom. The fraction of sp³-hybridized carbons (Fsp3) is 0.111. The van der Waals surface area contributed by atoms with Crippen molar-refractivity contribution in [2.45, 2.75) is 6.54 Å². The zero-order chi connectivity index (χ0) is 16.4. The molecule has 4 heterocycles. The molecule has 1 aliphatic rings. The maximum Gasteiger partial charge on any atom is 0.269 e. The molecular formula is C18H15N5O. The topological polar surface area (TPSA) is 72.7 Å². The highest BCUT2D eigenvalue weighted by molar-refractivity contribution is 5.94. The third-order valence-electron chi connectivity index (χ3n) is 3.83. The first-order valence-electron chi connectivity index (χ1n) is 7.70. The Morgan fingerprint density at radius 1 is 1.17 bits per heavy atom. The van der Waals surface area contributed by atoms with E-state index in [1.54, 1.807) is 23.3 Å². The predicted octanol–water partition coefficient (Wildman–Crippen LogP) is 2.25. The van der Waals surface area contributed by atoms with Gasteiger partial charge in [0, 0.05) is 30.7 Å². The summed E-state index contributed by atoms with van der Waals surface area (Å²) in [5, 5.41) is 7.35. The Bertz CT molecular complexity index is 914. The number of amides is 1. The van der Waals surface area contributed by atoms with E-state index in [0.29, 0.717) is 18.8 Å². The molecule has 3 aromatic rings. The summed E-state index contributed by atoms with van der Waals surface area (Å²) in [7, 11) is 0. The number of aromatic nitrogens is 4. The van der Waals surface area contributed by atoms with Crippen LogP contribution in [0.2, 0.25) is 0 Å². The maximum atomic E-state index is 11.9. The Morgan fingerprint density at radius 3 is 2.96 bits per heavy atom. The number of rotatable bonds is 3. The second kappa shape index (κ2) is 6.08. The molecule has 24 heavy (non-hydrogen) atoms. The van der Waals surface area contributed by atoms with Crippen LogP contribution in [-0.4, -0.2) is 32.2 Å². The van der Waals surface area contributed by atoms with E-state index in [4.69, 9.17) is 0 Å². The molecule has 118 valence electrons. The minimum atomic E-state index is -0.0780. The van der Waals surface area contributed by atoms with Crippen LogP contribution in [0.4, 0.5) is 0 Å². The molecule has 1 N–H and O–H groups in total. The van der Waals surface area contributed by atoms with Gasteiger partial charge in [0.1, 0.15) is 5.69 Å². The van der Waals surface area contributed by atoms with E-state index >= 15 is 0 Å². The second-order valence-corrected chi connectivity index (χ2v) is 5.48. The molecule has 0 aliphatic carbocycles. The molecule has 0 fully saturated rings. The lowest BCUT2D eigenvalue weighted by Gasteiger charge is -2.13. The Kier molecular flexibility index (Phi) is 3.63. The van der Waals surface area contributed by atoms with Crippen molar-refractivity contribution in [2.24, 2.45) is 0 Å². The number of fused-ring (bicyclic) bond motifs is 1. The van der Waals surface area contributed by atoms with Crippen LogP contribution in [0.1, 0.15) is 21.7 Å². The molecule has 6 nitrogen and oxygen atoms in total. The minimum absolute atomic E-state index is 0.0780. The third-order valence-corrected chi connectivity index (χ3v) is 3.83. The normalized spacial score (nSPS) is 13.8. The van der Waals surface area contributed by atoms with Crippen molar-refractivity contribution < 1.29 is 4.79 Å². The summed E-state index contributed by atoms with van der Waals surface area (Å²) < 4.78 is 1.75. The van der Waals surface area contributed by atoms with Gasteiger partial charge in [-0.05, 0) is 35.9 Å². The van der Waals surface area contributed by atoms with Crippen LogP contribution in [0.5, 0.6) is 0 Å². The predicted molar refractivity (Wildman–Crippen MR) is 91.0 cm³/mol. The summed E-state index contributed by atoms with van der Waals surface area (Å²) in [5.74, 6) is -0.0780. The van der Waals surface area contributed by atoms with Gasteiger partial charge in [-0.3, -0.25) is 19.4 Å². The molecule has 0 radical (unpaired) electrons. The van der Waals surface area contributed by atoms with Gasteiger partial charge < -0.3 is 5.32 Å². The largest absolute Gasteiger partial charge is 0.349 e. The van der Waals surface area contributed by atoms with Crippen molar-refractivity contribution >= 4 is 18.1 Å². The standard InChI is InChI=1S/C18H15N5O/c24-18-17-11-16(22-23(17)9-8-21-18)14-5-7-20-15(10-14)4-3-13-2-1-6-19-12-13/h1-7,10-12H,8-9H2,(H,21,24). The maximum absolute atomic E-state index is 11.9. The fourth-order valence-corrected chi connectivity index (χ4v) is 2.63. The second-order valence-electron chi connectivity index (χ2n) is 5.48. The number of nitrogens with zero attached hydrogens (tertiary/aromatic N) is 4.